The molecular weight excluding hydrogens is 543 g/mol. The van der Waals surface area contributed by atoms with Crippen LogP contribution in [0.15, 0.2) is 60.2 Å². The molecule has 0 saturated carbocycles. The fourth-order valence-electron chi connectivity index (χ4n) is 4.95. The number of aromatic nitrogens is 1. The molecule has 212 valence electrons. The van der Waals surface area contributed by atoms with E-state index in [1.54, 1.807) is 18.2 Å². The Bertz CT molecular complexity index is 1680. The number of thiazole rings is 1. The number of benzene rings is 3. The number of Topliss-reactive ketones (excluding diaryl/α,β-unsaturated/α-hetero) is 1. The first-order chi connectivity index (χ1) is 19.6. The Morgan fingerprint density at radius 2 is 1.80 bits per heavy atom. The smallest absolute Gasteiger partial charge is 0.301 e. The summed E-state index contributed by atoms with van der Waals surface area (Å²) in [5.41, 5.74) is 3.36. The zero-order valence-electron chi connectivity index (χ0n) is 23.5. The molecule has 1 amide bonds. The lowest BCUT2D eigenvalue weighted by atomic mass is 9.95. The SMILES string of the molecule is COc1cc(C2/C(=C(\O)c3ccc(F)cc3)C(=O)C(=O)N2c2nc3c(C)cc(C)cc3s2)ccc1OCCC(C)C. The average Bonchev–Trinajstić information content (AvgIpc) is 3.47. The topological polar surface area (TPSA) is 89.0 Å². The van der Waals surface area contributed by atoms with E-state index in [1.165, 1.54) is 47.6 Å². The zero-order chi connectivity index (χ0) is 29.4. The molecule has 7 nitrogen and oxygen atoms in total. The number of halogens is 1. The van der Waals surface area contributed by atoms with Gasteiger partial charge in [0.2, 0.25) is 0 Å². The van der Waals surface area contributed by atoms with Crippen molar-refractivity contribution in [1.29, 1.82) is 0 Å². The Kier molecular flexibility index (Phi) is 7.82. The van der Waals surface area contributed by atoms with Crippen LogP contribution in [0.3, 0.4) is 0 Å². The third-order valence-corrected chi connectivity index (χ3v) is 8.04. The Morgan fingerprint density at radius 1 is 1.07 bits per heavy atom. The largest absolute Gasteiger partial charge is 0.507 e. The number of hydrogen-bond acceptors (Lipinski definition) is 7. The number of ketones is 1. The summed E-state index contributed by atoms with van der Waals surface area (Å²) in [5, 5.41) is 11.7. The second-order valence-corrected chi connectivity index (χ2v) is 11.6. The summed E-state index contributed by atoms with van der Waals surface area (Å²) in [6.07, 6.45) is 0.860. The number of ether oxygens (including phenoxy) is 2. The summed E-state index contributed by atoms with van der Waals surface area (Å²) in [6, 6.07) is 13.3. The molecule has 1 N–H and O–H groups in total. The average molecular weight is 575 g/mol. The molecule has 0 radical (unpaired) electrons. The number of aliphatic hydroxyl groups excluding tert-OH is 1. The normalized spacial score (nSPS) is 16.7. The van der Waals surface area contributed by atoms with E-state index in [0.29, 0.717) is 34.7 Å². The number of carbonyl (C=O) groups is 2. The highest BCUT2D eigenvalue weighted by Gasteiger charge is 2.48. The summed E-state index contributed by atoms with van der Waals surface area (Å²) >= 11 is 1.30. The van der Waals surface area contributed by atoms with Crippen LogP contribution in [0, 0.1) is 25.6 Å². The molecule has 3 aromatic carbocycles. The fraction of sp³-hybridized carbons (Fsp3) is 0.281. The molecule has 0 aliphatic carbocycles. The van der Waals surface area contributed by atoms with Crippen LogP contribution in [0.4, 0.5) is 9.52 Å². The summed E-state index contributed by atoms with van der Waals surface area (Å²) in [4.78, 5) is 33.3. The fourth-order valence-corrected chi connectivity index (χ4v) is 6.12. The molecule has 1 fully saturated rings. The number of nitrogens with zero attached hydrogens (tertiary/aromatic N) is 2. The number of fused-ring (bicyclic) bond motifs is 1. The van der Waals surface area contributed by atoms with Gasteiger partial charge in [0, 0.05) is 5.56 Å². The van der Waals surface area contributed by atoms with Crippen LogP contribution >= 0.6 is 11.3 Å². The number of aryl methyl sites for hydroxylation is 2. The van der Waals surface area contributed by atoms with Gasteiger partial charge in [-0.25, -0.2) is 9.37 Å². The summed E-state index contributed by atoms with van der Waals surface area (Å²) in [6.45, 7) is 8.65. The van der Waals surface area contributed by atoms with Gasteiger partial charge in [0.15, 0.2) is 16.6 Å². The van der Waals surface area contributed by atoms with Gasteiger partial charge in [-0.1, -0.05) is 37.3 Å². The number of anilines is 1. The Balaban J connectivity index is 1.68. The highest BCUT2D eigenvalue weighted by molar-refractivity contribution is 7.22. The Hall–Kier alpha value is -4.24. The van der Waals surface area contributed by atoms with Crippen molar-refractivity contribution in [3.63, 3.8) is 0 Å². The predicted octanol–water partition coefficient (Wildman–Crippen LogP) is 7.11. The first-order valence-corrected chi connectivity index (χ1v) is 14.2. The number of amides is 1. The molecule has 9 heteroatoms. The molecule has 1 unspecified atom stereocenters. The van der Waals surface area contributed by atoms with Crippen molar-refractivity contribution >= 4 is 44.1 Å². The van der Waals surface area contributed by atoms with Crippen LogP contribution in [0.25, 0.3) is 16.0 Å². The third-order valence-electron chi connectivity index (χ3n) is 7.04. The maximum Gasteiger partial charge on any atom is 0.301 e. The number of aliphatic hydroxyl groups is 1. The lowest BCUT2D eigenvalue weighted by Gasteiger charge is -2.24. The minimum absolute atomic E-state index is 0.121. The molecule has 1 saturated heterocycles. The van der Waals surface area contributed by atoms with Gasteiger partial charge in [-0.2, -0.15) is 0 Å². The van der Waals surface area contributed by atoms with Crippen molar-refractivity contribution in [3.8, 4) is 11.5 Å². The summed E-state index contributed by atoms with van der Waals surface area (Å²) in [7, 11) is 1.52. The molecule has 1 aliphatic heterocycles. The molecule has 0 spiro atoms. The molecule has 0 bridgehead atoms. The van der Waals surface area contributed by atoms with E-state index in [4.69, 9.17) is 14.5 Å². The van der Waals surface area contributed by atoms with Crippen molar-refractivity contribution in [2.45, 2.75) is 40.2 Å². The molecular formula is C32H31FN2O5S. The van der Waals surface area contributed by atoms with Gasteiger partial charge in [0.1, 0.15) is 11.6 Å². The maximum atomic E-state index is 13.6. The van der Waals surface area contributed by atoms with Gasteiger partial charge < -0.3 is 14.6 Å². The van der Waals surface area contributed by atoms with Crippen molar-refractivity contribution in [2.75, 3.05) is 18.6 Å². The summed E-state index contributed by atoms with van der Waals surface area (Å²) in [5.74, 6) is -1.15. The number of rotatable bonds is 8. The molecule has 1 aromatic heterocycles. The van der Waals surface area contributed by atoms with E-state index in [-0.39, 0.29) is 11.1 Å². The van der Waals surface area contributed by atoms with Crippen LogP contribution in [-0.4, -0.2) is 35.5 Å². The molecule has 1 atom stereocenters. The van der Waals surface area contributed by atoms with Gasteiger partial charge in [0.05, 0.1) is 35.5 Å². The van der Waals surface area contributed by atoms with Gasteiger partial charge in [0.25, 0.3) is 5.78 Å². The first kappa shape index (κ1) is 28.3. The first-order valence-electron chi connectivity index (χ1n) is 13.3. The predicted molar refractivity (Wildman–Crippen MR) is 158 cm³/mol. The van der Waals surface area contributed by atoms with Crippen LogP contribution < -0.4 is 14.4 Å². The second kappa shape index (κ2) is 11.3. The van der Waals surface area contributed by atoms with Crippen LogP contribution in [-0.2, 0) is 9.59 Å². The molecule has 41 heavy (non-hydrogen) atoms. The lowest BCUT2D eigenvalue weighted by molar-refractivity contribution is -0.132. The number of hydrogen-bond donors (Lipinski definition) is 1. The third kappa shape index (κ3) is 5.41. The maximum absolute atomic E-state index is 13.6. The van der Waals surface area contributed by atoms with E-state index in [0.717, 1.165) is 27.8 Å². The highest BCUT2D eigenvalue weighted by Crippen LogP contribution is 2.46. The number of carbonyl (C=O) groups excluding carboxylic acids is 2. The van der Waals surface area contributed by atoms with E-state index in [9.17, 15) is 19.1 Å². The van der Waals surface area contributed by atoms with E-state index >= 15 is 0 Å². The quantitative estimate of drug-likeness (QED) is 0.137. The van der Waals surface area contributed by atoms with Crippen molar-refractivity contribution in [2.24, 2.45) is 5.92 Å². The molecule has 4 aromatic rings. The molecule has 2 heterocycles. The van der Waals surface area contributed by atoms with E-state index in [1.807, 2.05) is 26.0 Å². The Labute approximate surface area is 241 Å². The van der Waals surface area contributed by atoms with E-state index < -0.39 is 29.3 Å². The van der Waals surface area contributed by atoms with Crippen molar-refractivity contribution < 1.29 is 28.6 Å². The van der Waals surface area contributed by atoms with E-state index in [2.05, 4.69) is 13.8 Å². The van der Waals surface area contributed by atoms with Crippen LogP contribution in [0.1, 0.15) is 48.6 Å². The Morgan fingerprint density at radius 3 is 2.49 bits per heavy atom. The molecule has 5 rings (SSSR count). The highest BCUT2D eigenvalue weighted by atomic mass is 32.1. The lowest BCUT2D eigenvalue weighted by Crippen LogP contribution is -2.29. The van der Waals surface area contributed by atoms with Crippen LogP contribution in [0.5, 0.6) is 11.5 Å². The standard InChI is InChI=1S/C32H31FN2O5S/c1-17(2)12-13-40-23-11-8-21(16-24(23)39-5)28-26(29(36)20-6-9-22(33)10-7-20)30(37)31(38)35(28)32-34-27-19(4)14-18(3)15-25(27)41-32/h6-11,14-17,28,36H,12-13H2,1-5H3/b29-26+. The summed E-state index contributed by atoms with van der Waals surface area (Å²) < 4.78 is 26.1. The van der Waals surface area contributed by atoms with Gasteiger partial charge in [-0.15, -0.1) is 0 Å². The van der Waals surface area contributed by atoms with Crippen molar-refractivity contribution in [1.82, 2.24) is 4.98 Å². The minimum Gasteiger partial charge on any atom is -0.507 e. The molecule has 1 aliphatic rings. The van der Waals surface area contributed by atoms with Crippen LogP contribution in [0.2, 0.25) is 0 Å². The van der Waals surface area contributed by atoms with Gasteiger partial charge in [-0.05, 0) is 85.3 Å². The second-order valence-electron chi connectivity index (χ2n) is 10.5. The monoisotopic (exact) mass is 574 g/mol. The number of methoxy groups -OCH3 is 1. The van der Waals surface area contributed by atoms with Gasteiger partial charge >= 0.3 is 5.91 Å². The van der Waals surface area contributed by atoms with Crippen molar-refractivity contribution in [3.05, 3.63) is 88.2 Å². The zero-order valence-corrected chi connectivity index (χ0v) is 24.3. The van der Waals surface area contributed by atoms with Gasteiger partial charge in [-0.3, -0.25) is 14.5 Å². The minimum atomic E-state index is -1.01.